The van der Waals surface area contributed by atoms with Gasteiger partial charge in [-0.25, -0.2) is 0 Å². The molecule has 1 fully saturated rings. The predicted octanol–water partition coefficient (Wildman–Crippen LogP) is 4.39. The molecule has 1 amide bonds. The number of benzene rings is 1. The summed E-state index contributed by atoms with van der Waals surface area (Å²) in [6.45, 7) is 7.67. The van der Waals surface area contributed by atoms with Crippen molar-refractivity contribution in [3.05, 3.63) is 54.9 Å². The first-order valence-corrected chi connectivity index (χ1v) is 12.3. The van der Waals surface area contributed by atoms with Gasteiger partial charge in [-0.1, -0.05) is 0 Å². The molecule has 1 aliphatic heterocycles. The van der Waals surface area contributed by atoms with Crippen molar-refractivity contribution in [2.75, 3.05) is 0 Å². The Hall–Kier alpha value is -2.32. The summed E-state index contributed by atoms with van der Waals surface area (Å²) in [6.07, 6.45) is 4.99. The Morgan fingerprint density at radius 1 is 1.18 bits per heavy atom. The molecule has 2 heterocycles. The number of ether oxygens (including phenoxy) is 2. The molecule has 0 radical (unpaired) electrons. The van der Waals surface area contributed by atoms with Crippen molar-refractivity contribution in [1.29, 1.82) is 0 Å². The minimum absolute atomic E-state index is 0.146. The Balaban J connectivity index is 1.50. The fourth-order valence-electron chi connectivity index (χ4n) is 4.97. The van der Waals surface area contributed by atoms with Gasteiger partial charge in [0, 0.05) is 48.3 Å². The zero-order valence-corrected chi connectivity index (χ0v) is 21.2. The van der Waals surface area contributed by atoms with Gasteiger partial charge in [-0.15, -0.1) is 0 Å². The van der Waals surface area contributed by atoms with Gasteiger partial charge in [0.25, 0.3) is 11.5 Å². The van der Waals surface area contributed by atoms with Crippen LogP contribution in [0.25, 0.3) is 0 Å². The van der Waals surface area contributed by atoms with E-state index in [9.17, 15) is 9.59 Å². The van der Waals surface area contributed by atoms with E-state index in [1.807, 2.05) is 33.8 Å². The third kappa shape index (κ3) is 4.96. The largest absolute Gasteiger partial charge is 0.448 e. The smallest absolute Gasteiger partial charge is 0.253 e. The van der Waals surface area contributed by atoms with Gasteiger partial charge in [-0.05, 0) is 86.0 Å². The second-order valence-corrected chi connectivity index (χ2v) is 10.5. The first-order valence-electron chi connectivity index (χ1n) is 11.5. The maximum atomic E-state index is 13.0. The lowest BCUT2D eigenvalue weighted by Gasteiger charge is -2.32. The molecule has 0 saturated heterocycles. The first-order chi connectivity index (χ1) is 15.6. The molecular weight excluding hydrogens is 486 g/mol. The Morgan fingerprint density at radius 3 is 2.52 bits per heavy atom. The Kier molecular flexibility index (Phi) is 6.60. The van der Waals surface area contributed by atoms with E-state index in [1.165, 1.54) is 0 Å². The number of amides is 1. The molecule has 33 heavy (non-hydrogen) atoms. The van der Waals surface area contributed by atoms with Crippen LogP contribution in [0, 0.1) is 26.7 Å². The highest BCUT2D eigenvalue weighted by atomic mass is 79.9. The zero-order valence-electron chi connectivity index (χ0n) is 19.6. The van der Waals surface area contributed by atoms with Crippen molar-refractivity contribution >= 4 is 21.8 Å². The van der Waals surface area contributed by atoms with E-state index in [0.29, 0.717) is 39.1 Å². The van der Waals surface area contributed by atoms with Gasteiger partial charge in [0.05, 0.1) is 4.47 Å². The molecule has 0 bridgehead atoms. The van der Waals surface area contributed by atoms with E-state index in [2.05, 4.69) is 26.2 Å². The number of rotatable bonds is 5. The number of hydrogen-bond acceptors (Lipinski definition) is 5. The Morgan fingerprint density at radius 2 is 1.85 bits per heavy atom. The number of hydrogen-bond donors (Lipinski definition) is 3. The lowest BCUT2D eigenvalue weighted by atomic mass is 9.82. The van der Waals surface area contributed by atoms with Crippen molar-refractivity contribution in [3.63, 3.8) is 0 Å². The summed E-state index contributed by atoms with van der Waals surface area (Å²) >= 11 is 3.56. The number of nitrogens with one attached hydrogen (secondary N) is 2. The highest BCUT2D eigenvalue weighted by Crippen LogP contribution is 2.50. The molecule has 4 rings (SSSR count). The molecule has 2 aliphatic rings. The molecule has 2 aromatic rings. The summed E-state index contributed by atoms with van der Waals surface area (Å²) in [5.41, 5.74) is 9.26. The van der Waals surface area contributed by atoms with Crippen molar-refractivity contribution in [1.82, 2.24) is 10.3 Å². The molecule has 1 saturated carbocycles. The maximum absolute atomic E-state index is 13.0. The van der Waals surface area contributed by atoms with Crippen LogP contribution in [0.2, 0.25) is 0 Å². The van der Waals surface area contributed by atoms with Gasteiger partial charge < -0.3 is 25.5 Å². The van der Waals surface area contributed by atoms with Crippen LogP contribution in [0.3, 0.4) is 0 Å². The van der Waals surface area contributed by atoms with E-state index in [-0.39, 0.29) is 18.0 Å². The fraction of sp³-hybridized carbons (Fsp3) is 0.520. The summed E-state index contributed by atoms with van der Waals surface area (Å²) in [5.74, 6) is 0.678. The normalized spacial score (nSPS) is 24.1. The number of carbonyl (C=O) groups is 1. The van der Waals surface area contributed by atoms with Crippen LogP contribution < -0.4 is 26.1 Å². The van der Waals surface area contributed by atoms with Crippen molar-refractivity contribution in [3.8, 4) is 11.5 Å². The second-order valence-electron chi connectivity index (χ2n) is 9.64. The molecule has 1 aliphatic carbocycles. The lowest BCUT2D eigenvalue weighted by molar-refractivity contribution is -0.0833. The number of aromatic nitrogens is 1. The second kappa shape index (κ2) is 9.14. The molecule has 178 valence electrons. The summed E-state index contributed by atoms with van der Waals surface area (Å²) < 4.78 is 13.3. The van der Waals surface area contributed by atoms with Crippen LogP contribution in [0.4, 0.5) is 0 Å². The molecule has 4 N–H and O–H groups in total. The fourth-order valence-corrected chi connectivity index (χ4v) is 5.46. The number of nitrogens with two attached hydrogens (primary N) is 1. The number of pyridine rings is 1. The minimum Gasteiger partial charge on any atom is -0.448 e. The summed E-state index contributed by atoms with van der Waals surface area (Å²) in [5, 5.41) is 2.88. The Bertz CT molecular complexity index is 1140. The van der Waals surface area contributed by atoms with Crippen LogP contribution in [-0.4, -0.2) is 22.7 Å². The van der Waals surface area contributed by atoms with Gasteiger partial charge in [0.15, 0.2) is 11.5 Å². The van der Waals surface area contributed by atoms with Crippen molar-refractivity contribution in [2.24, 2.45) is 11.7 Å². The molecule has 1 aromatic carbocycles. The van der Waals surface area contributed by atoms with E-state index >= 15 is 0 Å². The third-order valence-electron chi connectivity index (χ3n) is 6.79. The average molecular weight is 518 g/mol. The van der Waals surface area contributed by atoms with E-state index in [1.54, 1.807) is 6.07 Å². The summed E-state index contributed by atoms with van der Waals surface area (Å²) in [7, 11) is 0. The average Bonchev–Trinajstić information content (AvgIpc) is 3.09. The van der Waals surface area contributed by atoms with Crippen LogP contribution in [0.5, 0.6) is 11.5 Å². The number of halogens is 1. The van der Waals surface area contributed by atoms with E-state index in [4.69, 9.17) is 15.2 Å². The first kappa shape index (κ1) is 23.8. The van der Waals surface area contributed by atoms with Crippen LogP contribution >= 0.6 is 15.9 Å². The van der Waals surface area contributed by atoms with Gasteiger partial charge in [0.2, 0.25) is 5.79 Å². The highest BCUT2D eigenvalue weighted by molar-refractivity contribution is 9.10. The number of H-pyrrole nitrogens is 1. The molecule has 1 unspecified atom stereocenters. The predicted molar refractivity (Wildman–Crippen MR) is 131 cm³/mol. The van der Waals surface area contributed by atoms with Gasteiger partial charge in [0.1, 0.15) is 0 Å². The number of aryl methyl sites for hydroxylation is 2. The summed E-state index contributed by atoms with van der Waals surface area (Å²) in [6, 6.07) is 3.95. The molecule has 0 spiro atoms. The standard InChI is InChI=1S/C25H32BrN3O4/c1-13-9-14(2)29-24(31)19(13)12-28-23(30)18-10-20(26)22-21(15(18)3)32-25(4,33-22)11-16-5-7-17(27)8-6-16/h9-10,16-17H,5-8,11-12,27H2,1-4H3,(H,28,30)(H,29,31)/t16-,17-,25?. The van der Waals surface area contributed by atoms with Gasteiger partial charge in [-0.3, -0.25) is 9.59 Å². The van der Waals surface area contributed by atoms with Crippen molar-refractivity contribution in [2.45, 2.75) is 78.2 Å². The third-order valence-corrected chi connectivity index (χ3v) is 7.38. The molecular formula is C25H32BrN3O4. The van der Waals surface area contributed by atoms with Crippen LogP contribution in [-0.2, 0) is 6.54 Å². The topological polar surface area (TPSA) is 106 Å². The highest BCUT2D eigenvalue weighted by Gasteiger charge is 2.42. The number of carbonyl (C=O) groups excluding carboxylic acids is 1. The van der Waals surface area contributed by atoms with Crippen LogP contribution in [0.1, 0.15) is 71.8 Å². The quantitative estimate of drug-likeness (QED) is 0.545. The van der Waals surface area contributed by atoms with Crippen LogP contribution in [0.15, 0.2) is 21.4 Å². The van der Waals surface area contributed by atoms with Gasteiger partial charge >= 0.3 is 0 Å². The van der Waals surface area contributed by atoms with Gasteiger partial charge in [-0.2, -0.15) is 0 Å². The molecule has 7 nitrogen and oxygen atoms in total. The van der Waals surface area contributed by atoms with E-state index < -0.39 is 5.79 Å². The van der Waals surface area contributed by atoms with E-state index in [0.717, 1.165) is 48.9 Å². The SMILES string of the molecule is Cc1cc(C)c(CNC(=O)c2cc(Br)c3c(c2C)OC(C)(C[C@H]2CC[C@H](N)CC2)O3)c(=O)[nH]1. The minimum atomic E-state index is -0.775. The zero-order chi connectivity index (χ0) is 23.9. The monoisotopic (exact) mass is 517 g/mol. The lowest BCUT2D eigenvalue weighted by Crippen LogP contribution is -2.39. The Labute approximate surface area is 202 Å². The summed E-state index contributed by atoms with van der Waals surface area (Å²) in [4.78, 5) is 28.1. The molecule has 8 heteroatoms. The number of fused-ring (bicyclic) bond motifs is 1. The molecule has 1 aromatic heterocycles. The molecule has 1 atom stereocenters. The maximum Gasteiger partial charge on any atom is 0.253 e. The van der Waals surface area contributed by atoms with Crippen molar-refractivity contribution < 1.29 is 14.3 Å². The number of aromatic amines is 1.